The zero-order valence-electron chi connectivity index (χ0n) is 11.7. The van der Waals surface area contributed by atoms with Crippen LogP contribution in [0, 0.1) is 5.82 Å². The van der Waals surface area contributed by atoms with Crippen LogP contribution in [0.3, 0.4) is 0 Å². The van der Waals surface area contributed by atoms with Crippen molar-refractivity contribution in [2.75, 3.05) is 7.05 Å². The third-order valence-electron chi connectivity index (χ3n) is 3.59. The minimum absolute atomic E-state index is 0.223. The van der Waals surface area contributed by atoms with Gasteiger partial charge in [-0.05, 0) is 36.4 Å². The molecule has 0 atom stereocenters. The second kappa shape index (κ2) is 6.00. The van der Waals surface area contributed by atoms with E-state index in [2.05, 4.69) is 50.2 Å². The van der Waals surface area contributed by atoms with Gasteiger partial charge in [0.25, 0.3) is 0 Å². The van der Waals surface area contributed by atoms with Gasteiger partial charge in [0.1, 0.15) is 5.82 Å². The number of para-hydroxylation sites is 1. The van der Waals surface area contributed by atoms with Gasteiger partial charge in [-0.25, -0.2) is 4.39 Å². The summed E-state index contributed by atoms with van der Waals surface area (Å²) in [6.45, 7) is 1.54. The molecule has 3 rings (SSSR count). The Morgan fingerprint density at radius 2 is 1.95 bits per heavy atom. The molecule has 0 aliphatic rings. The summed E-state index contributed by atoms with van der Waals surface area (Å²) in [6, 6.07) is 13.2. The number of rotatable bonds is 4. The van der Waals surface area contributed by atoms with E-state index in [9.17, 15) is 4.39 Å². The van der Waals surface area contributed by atoms with E-state index in [4.69, 9.17) is 0 Å². The van der Waals surface area contributed by atoms with Gasteiger partial charge in [0, 0.05) is 34.7 Å². The van der Waals surface area contributed by atoms with Crippen LogP contribution in [0.25, 0.3) is 10.9 Å². The largest absolute Gasteiger partial charge is 0.343 e. The zero-order chi connectivity index (χ0) is 14.8. The zero-order valence-corrected chi connectivity index (χ0v) is 13.3. The van der Waals surface area contributed by atoms with E-state index in [0.717, 1.165) is 16.6 Å². The van der Waals surface area contributed by atoms with Gasteiger partial charge in [-0.2, -0.15) is 0 Å². The quantitative estimate of drug-likeness (QED) is 0.744. The Hall–Kier alpha value is -1.65. The lowest BCUT2D eigenvalue weighted by atomic mass is 10.2. The lowest BCUT2D eigenvalue weighted by molar-refractivity contribution is 0.625. The smallest absolute Gasteiger partial charge is 0.124 e. The van der Waals surface area contributed by atoms with Crippen LogP contribution in [-0.4, -0.2) is 11.6 Å². The number of fused-ring (bicyclic) bond motifs is 1. The van der Waals surface area contributed by atoms with Crippen molar-refractivity contribution in [1.82, 2.24) is 9.88 Å². The fraction of sp³-hybridized carbons (Fsp3) is 0.176. The van der Waals surface area contributed by atoms with E-state index in [0.29, 0.717) is 6.54 Å². The van der Waals surface area contributed by atoms with Crippen molar-refractivity contribution in [2.45, 2.75) is 13.1 Å². The average Bonchev–Trinajstić information content (AvgIpc) is 2.81. The maximum Gasteiger partial charge on any atom is 0.124 e. The molecule has 0 bridgehead atoms. The Morgan fingerprint density at radius 1 is 1.14 bits per heavy atom. The highest BCUT2D eigenvalue weighted by Crippen LogP contribution is 2.25. The average molecular weight is 347 g/mol. The minimum Gasteiger partial charge on any atom is -0.343 e. The molecule has 2 aromatic carbocycles. The van der Waals surface area contributed by atoms with Crippen molar-refractivity contribution in [3.63, 3.8) is 0 Å². The molecular formula is C17H16BrFN2. The monoisotopic (exact) mass is 346 g/mol. The molecule has 2 nitrogen and oxygen atoms in total. The summed E-state index contributed by atoms with van der Waals surface area (Å²) in [5.74, 6) is -0.223. The summed E-state index contributed by atoms with van der Waals surface area (Å²) >= 11 is 3.44. The second-order valence-corrected chi connectivity index (χ2v) is 5.92. The van der Waals surface area contributed by atoms with E-state index >= 15 is 0 Å². The van der Waals surface area contributed by atoms with Gasteiger partial charge >= 0.3 is 0 Å². The van der Waals surface area contributed by atoms with Crippen LogP contribution in [-0.2, 0) is 13.1 Å². The van der Waals surface area contributed by atoms with Crippen molar-refractivity contribution in [3.05, 3.63) is 70.1 Å². The van der Waals surface area contributed by atoms with Gasteiger partial charge in [-0.1, -0.05) is 40.2 Å². The summed E-state index contributed by atoms with van der Waals surface area (Å²) in [5.41, 5.74) is 3.53. The van der Waals surface area contributed by atoms with Gasteiger partial charge in [0.05, 0.1) is 0 Å². The lowest BCUT2D eigenvalue weighted by Crippen LogP contribution is -2.04. The van der Waals surface area contributed by atoms with Crippen molar-refractivity contribution in [1.29, 1.82) is 0 Å². The standard InChI is InChI=1S/C17H16BrFN2/c1-20-9-13-11-21(17-5-3-2-4-15(13)17)10-12-6-7-14(19)8-16(12)18/h2-8,11,20H,9-10H2,1H3. The van der Waals surface area contributed by atoms with E-state index in [1.165, 1.54) is 28.6 Å². The van der Waals surface area contributed by atoms with Crippen LogP contribution in [0.15, 0.2) is 53.1 Å². The van der Waals surface area contributed by atoms with Gasteiger partial charge in [-0.3, -0.25) is 0 Å². The molecule has 0 fully saturated rings. The Morgan fingerprint density at radius 3 is 2.71 bits per heavy atom. The predicted octanol–water partition coefficient (Wildman–Crippen LogP) is 4.31. The Bertz CT molecular complexity index is 780. The fourth-order valence-electron chi connectivity index (χ4n) is 2.62. The van der Waals surface area contributed by atoms with Gasteiger partial charge in [0.15, 0.2) is 0 Å². The van der Waals surface area contributed by atoms with Crippen LogP contribution in [0.5, 0.6) is 0 Å². The molecular weight excluding hydrogens is 331 g/mol. The molecule has 0 unspecified atom stereocenters. The number of halogens is 2. The second-order valence-electron chi connectivity index (χ2n) is 5.07. The fourth-order valence-corrected chi connectivity index (χ4v) is 3.09. The first-order chi connectivity index (χ1) is 10.2. The maximum atomic E-state index is 13.2. The molecule has 1 heterocycles. The van der Waals surface area contributed by atoms with Crippen molar-refractivity contribution < 1.29 is 4.39 Å². The van der Waals surface area contributed by atoms with Crippen LogP contribution >= 0.6 is 15.9 Å². The molecule has 0 aliphatic carbocycles. The highest BCUT2D eigenvalue weighted by molar-refractivity contribution is 9.10. The van der Waals surface area contributed by atoms with Crippen LogP contribution in [0.2, 0.25) is 0 Å². The summed E-state index contributed by atoms with van der Waals surface area (Å²) in [6.07, 6.45) is 2.16. The Kier molecular flexibility index (Phi) is 4.08. The highest BCUT2D eigenvalue weighted by atomic mass is 79.9. The molecule has 0 saturated heterocycles. The van der Waals surface area contributed by atoms with E-state index in [1.54, 1.807) is 0 Å². The molecule has 1 N–H and O–H groups in total. The molecule has 0 aliphatic heterocycles. The van der Waals surface area contributed by atoms with Crippen molar-refractivity contribution in [3.8, 4) is 0 Å². The van der Waals surface area contributed by atoms with Gasteiger partial charge in [-0.15, -0.1) is 0 Å². The van der Waals surface area contributed by atoms with E-state index in [-0.39, 0.29) is 5.82 Å². The SMILES string of the molecule is CNCc1cn(Cc2ccc(F)cc2Br)c2ccccc12. The van der Waals surface area contributed by atoms with Crippen LogP contribution in [0.1, 0.15) is 11.1 Å². The Labute approximate surface area is 131 Å². The molecule has 0 saturated carbocycles. The minimum atomic E-state index is -0.223. The van der Waals surface area contributed by atoms with E-state index < -0.39 is 0 Å². The summed E-state index contributed by atoms with van der Waals surface area (Å²) < 4.78 is 16.2. The molecule has 1 aromatic heterocycles. The molecule has 108 valence electrons. The molecule has 0 radical (unpaired) electrons. The number of hydrogen-bond acceptors (Lipinski definition) is 1. The Balaban J connectivity index is 2.04. The normalized spacial score (nSPS) is 11.2. The van der Waals surface area contributed by atoms with Crippen molar-refractivity contribution in [2.24, 2.45) is 0 Å². The number of hydrogen-bond donors (Lipinski definition) is 1. The van der Waals surface area contributed by atoms with Gasteiger partial charge < -0.3 is 9.88 Å². The topological polar surface area (TPSA) is 17.0 Å². The van der Waals surface area contributed by atoms with Gasteiger partial charge in [0.2, 0.25) is 0 Å². The van der Waals surface area contributed by atoms with Crippen LogP contribution in [0.4, 0.5) is 4.39 Å². The predicted molar refractivity (Wildman–Crippen MR) is 87.9 cm³/mol. The molecule has 0 spiro atoms. The third-order valence-corrected chi connectivity index (χ3v) is 4.33. The summed E-state index contributed by atoms with van der Waals surface area (Å²) in [4.78, 5) is 0. The highest BCUT2D eigenvalue weighted by Gasteiger charge is 2.09. The summed E-state index contributed by atoms with van der Waals surface area (Å²) in [7, 11) is 1.95. The van der Waals surface area contributed by atoms with E-state index in [1.807, 2.05) is 19.2 Å². The molecule has 4 heteroatoms. The van der Waals surface area contributed by atoms with Crippen LogP contribution < -0.4 is 5.32 Å². The number of nitrogens with zero attached hydrogens (tertiary/aromatic N) is 1. The van der Waals surface area contributed by atoms with Crippen molar-refractivity contribution >= 4 is 26.8 Å². The number of aromatic nitrogens is 1. The number of nitrogens with one attached hydrogen (secondary N) is 1. The first kappa shape index (κ1) is 14.3. The summed E-state index contributed by atoms with van der Waals surface area (Å²) in [5, 5.41) is 4.45. The first-order valence-corrected chi connectivity index (χ1v) is 7.63. The molecule has 0 amide bonds. The first-order valence-electron chi connectivity index (χ1n) is 6.84. The lowest BCUT2D eigenvalue weighted by Gasteiger charge is -2.08. The molecule has 3 aromatic rings. The maximum absolute atomic E-state index is 13.2. The molecule has 21 heavy (non-hydrogen) atoms. The number of benzene rings is 2. The third kappa shape index (κ3) is 2.87.